The second-order valence-electron chi connectivity index (χ2n) is 7.25. The molecule has 4 nitrogen and oxygen atoms in total. The number of hydrogen-bond acceptors (Lipinski definition) is 4. The molecule has 4 heteroatoms. The summed E-state index contributed by atoms with van der Waals surface area (Å²) in [5, 5.41) is 0. The van der Waals surface area contributed by atoms with Crippen LogP contribution in [0.25, 0.3) is 0 Å². The van der Waals surface area contributed by atoms with Crippen LogP contribution in [0, 0.1) is 12.3 Å². The van der Waals surface area contributed by atoms with E-state index in [1.54, 1.807) is 20.3 Å². The first-order valence-electron chi connectivity index (χ1n) is 9.78. The highest BCUT2D eigenvalue weighted by atomic mass is 16.5. The van der Waals surface area contributed by atoms with Crippen LogP contribution in [0.1, 0.15) is 32.8 Å². The predicted molar refractivity (Wildman–Crippen MR) is 119 cm³/mol. The average Bonchev–Trinajstić information content (AvgIpc) is 2.73. The van der Waals surface area contributed by atoms with Gasteiger partial charge in [0.05, 0.1) is 13.2 Å². The fourth-order valence-electron chi connectivity index (χ4n) is 2.55. The molecule has 0 saturated carbocycles. The van der Waals surface area contributed by atoms with Gasteiger partial charge in [0.25, 0.3) is 0 Å². The summed E-state index contributed by atoms with van der Waals surface area (Å²) in [5.74, 6) is 3.97. The maximum Gasteiger partial charge on any atom is 0.123 e. The lowest BCUT2D eigenvalue weighted by atomic mass is 9.82. The van der Waals surface area contributed by atoms with Gasteiger partial charge in [0.15, 0.2) is 0 Å². The van der Waals surface area contributed by atoms with E-state index in [1.807, 2.05) is 18.2 Å². The largest absolute Gasteiger partial charge is 0.490 e. The van der Waals surface area contributed by atoms with E-state index in [-0.39, 0.29) is 5.41 Å². The van der Waals surface area contributed by atoms with Gasteiger partial charge < -0.3 is 18.9 Å². The van der Waals surface area contributed by atoms with E-state index in [4.69, 9.17) is 25.4 Å². The molecular formula is C25H34O4. The molecule has 0 amide bonds. The minimum Gasteiger partial charge on any atom is -0.490 e. The summed E-state index contributed by atoms with van der Waals surface area (Å²) in [6, 6.07) is 8.24. The molecule has 0 N–H and O–H groups in total. The summed E-state index contributed by atoms with van der Waals surface area (Å²) in [5.41, 5.74) is 2.82. The summed E-state index contributed by atoms with van der Waals surface area (Å²) < 4.78 is 22.1. The van der Waals surface area contributed by atoms with Gasteiger partial charge in [0.1, 0.15) is 24.7 Å². The van der Waals surface area contributed by atoms with Gasteiger partial charge in [-0.25, -0.2) is 0 Å². The van der Waals surface area contributed by atoms with Crippen molar-refractivity contribution in [3.8, 4) is 18.1 Å². The standard InChI is InChI=1S/C25H34O4/c1-8-20(3)18-21(19-27-7)24(14-15-26-6)29-17-16-28-23-12-10-22(11-13-23)25(4,5)9-2/h1,10-14,18H,3,9,15-17,19H2,2,4-7H3. The van der Waals surface area contributed by atoms with Crippen LogP contribution >= 0.6 is 0 Å². The molecule has 0 atom stereocenters. The number of rotatable bonds is 13. The summed E-state index contributed by atoms with van der Waals surface area (Å²) in [4.78, 5) is 0. The minimum atomic E-state index is 0.162. The molecule has 0 fully saturated rings. The summed E-state index contributed by atoms with van der Waals surface area (Å²) in [7, 11) is 3.24. The Morgan fingerprint density at radius 1 is 1.14 bits per heavy atom. The summed E-state index contributed by atoms with van der Waals surface area (Å²) in [6.45, 7) is 12.0. The Hall–Kier alpha value is -2.48. The molecule has 0 aliphatic carbocycles. The Balaban J connectivity index is 2.70. The molecular weight excluding hydrogens is 364 g/mol. The normalized spacial score (nSPS) is 12.4. The highest BCUT2D eigenvalue weighted by Crippen LogP contribution is 2.28. The fraction of sp³-hybridized carbons (Fsp3) is 0.440. The topological polar surface area (TPSA) is 36.9 Å². The van der Waals surface area contributed by atoms with Gasteiger partial charge in [-0.05, 0) is 41.7 Å². The molecule has 1 rings (SSSR count). The molecule has 0 aliphatic heterocycles. The lowest BCUT2D eigenvalue weighted by Gasteiger charge is -2.23. The molecule has 0 unspecified atom stereocenters. The van der Waals surface area contributed by atoms with Gasteiger partial charge in [-0.2, -0.15) is 0 Å². The predicted octanol–water partition coefficient (Wildman–Crippen LogP) is 5.06. The van der Waals surface area contributed by atoms with Crippen LogP contribution in [0.4, 0.5) is 0 Å². The van der Waals surface area contributed by atoms with Crippen molar-refractivity contribution < 1.29 is 18.9 Å². The van der Waals surface area contributed by atoms with Crippen LogP contribution in [-0.4, -0.2) is 40.6 Å². The van der Waals surface area contributed by atoms with Crippen LogP contribution in [-0.2, 0) is 19.6 Å². The van der Waals surface area contributed by atoms with Crippen molar-refractivity contribution in [3.63, 3.8) is 0 Å². The number of methoxy groups -OCH3 is 2. The van der Waals surface area contributed by atoms with E-state index < -0.39 is 0 Å². The van der Waals surface area contributed by atoms with Gasteiger partial charge in [-0.3, -0.25) is 0 Å². The maximum absolute atomic E-state index is 5.92. The third-order valence-corrected chi connectivity index (χ3v) is 4.71. The first kappa shape index (κ1) is 24.6. The average molecular weight is 399 g/mol. The monoisotopic (exact) mass is 398 g/mol. The number of terminal acetylenes is 1. The van der Waals surface area contributed by atoms with Crippen LogP contribution in [0.3, 0.4) is 0 Å². The van der Waals surface area contributed by atoms with Crippen LogP contribution < -0.4 is 4.74 Å². The molecule has 29 heavy (non-hydrogen) atoms. The fourth-order valence-corrected chi connectivity index (χ4v) is 2.55. The van der Waals surface area contributed by atoms with Crippen LogP contribution in [0.15, 0.2) is 59.9 Å². The first-order valence-corrected chi connectivity index (χ1v) is 9.78. The lowest BCUT2D eigenvalue weighted by Crippen LogP contribution is -2.15. The van der Waals surface area contributed by atoms with Crippen molar-refractivity contribution in [2.45, 2.75) is 32.6 Å². The number of benzene rings is 1. The van der Waals surface area contributed by atoms with E-state index in [9.17, 15) is 0 Å². The molecule has 1 aromatic carbocycles. The van der Waals surface area contributed by atoms with Crippen molar-refractivity contribution in [3.05, 3.63) is 65.5 Å². The Bertz CT molecular complexity index is 733. The maximum atomic E-state index is 5.92. The highest BCUT2D eigenvalue weighted by molar-refractivity contribution is 5.41. The highest BCUT2D eigenvalue weighted by Gasteiger charge is 2.17. The Labute approximate surface area is 176 Å². The van der Waals surface area contributed by atoms with E-state index in [2.05, 4.69) is 45.4 Å². The zero-order chi connectivity index (χ0) is 21.7. The quantitative estimate of drug-likeness (QED) is 0.201. The molecule has 0 bridgehead atoms. The van der Waals surface area contributed by atoms with E-state index in [1.165, 1.54) is 5.56 Å². The Morgan fingerprint density at radius 3 is 2.38 bits per heavy atom. The van der Waals surface area contributed by atoms with Gasteiger partial charge in [0, 0.05) is 25.4 Å². The number of hydrogen-bond donors (Lipinski definition) is 0. The Morgan fingerprint density at radius 2 is 1.83 bits per heavy atom. The minimum absolute atomic E-state index is 0.162. The molecule has 1 aromatic rings. The third-order valence-electron chi connectivity index (χ3n) is 4.71. The third kappa shape index (κ3) is 8.60. The molecule has 0 spiro atoms. The molecule has 0 aromatic heterocycles. The van der Waals surface area contributed by atoms with Crippen LogP contribution in [0.2, 0.25) is 0 Å². The van der Waals surface area contributed by atoms with E-state index in [0.29, 0.717) is 37.8 Å². The van der Waals surface area contributed by atoms with Crippen molar-refractivity contribution >= 4 is 0 Å². The van der Waals surface area contributed by atoms with Crippen molar-refractivity contribution in [1.29, 1.82) is 0 Å². The molecule has 0 aliphatic rings. The zero-order valence-corrected chi connectivity index (χ0v) is 18.4. The van der Waals surface area contributed by atoms with Gasteiger partial charge >= 0.3 is 0 Å². The first-order chi connectivity index (χ1) is 13.9. The second-order valence-corrected chi connectivity index (χ2v) is 7.25. The lowest BCUT2D eigenvalue weighted by molar-refractivity contribution is 0.147. The second kappa shape index (κ2) is 12.9. The summed E-state index contributed by atoms with van der Waals surface area (Å²) in [6.07, 6.45) is 10.1. The number of ether oxygens (including phenoxy) is 4. The molecule has 0 heterocycles. The molecule has 158 valence electrons. The van der Waals surface area contributed by atoms with Crippen LogP contribution in [0.5, 0.6) is 5.75 Å². The smallest absolute Gasteiger partial charge is 0.123 e. The van der Waals surface area contributed by atoms with Gasteiger partial charge in [-0.15, -0.1) is 6.42 Å². The van der Waals surface area contributed by atoms with E-state index in [0.717, 1.165) is 17.7 Å². The van der Waals surface area contributed by atoms with Crippen molar-refractivity contribution in [1.82, 2.24) is 0 Å². The van der Waals surface area contributed by atoms with Crippen molar-refractivity contribution in [2.24, 2.45) is 0 Å². The van der Waals surface area contributed by atoms with Crippen molar-refractivity contribution in [2.75, 3.05) is 40.6 Å². The summed E-state index contributed by atoms with van der Waals surface area (Å²) >= 11 is 0. The van der Waals surface area contributed by atoms with Gasteiger partial charge in [0.2, 0.25) is 0 Å². The Kier molecular flexibility index (Phi) is 10.9. The van der Waals surface area contributed by atoms with Gasteiger partial charge in [-0.1, -0.05) is 45.4 Å². The number of allylic oxidation sites excluding steroid dienone is 2. The zero-order valence-electron chi connectivity index (χ0n) is 18.4. The SMILES string of the molecule is C#CC(=C)C=C(COC)C(=CCOC)OCCOc1ccc(C(C)(C)CC)cc1. The molecule has 0 radical (unpaired) electrons. The van der Waals surface area contributed by atoms with E-state index >= 15 is 0 Å². The molecule has 0 saturated heterocycles.